The van der Waals surface area contributed by atoms with E-state index in [0.717, 1.165) is 25.5 Å². The van der Waals surface area contributed by atoms with Crippen molar-refractivity contribution in [3.63, 3.8) is 0 Å². The summed E-state index contributed by atoms with van der Waals surface area (Å²) in [6.45, 7) is 0.256. The van der Waals surface area contributed by atoms with Crippen molar-refractivity contribution in [1.82, 2.24) is 10.0 Å². The molecule has 1 aliphatic carbocycles. The van der Waals surface area contributed by atoms with E-state index in [1.165, 1.54) is 0 Å². The number of aliphatic carboxylic acids is 1. The van der Waals surface area contributed by atoms with Crippen molar-refractivity contribution < 1.29 is 23.1 Å². The summed E-state index contributed by atoms with van der Waals surface area (Å²) < 4.78 is 23.9. The maximum absolute atomic E-state index is 11.8. The second-order valence-corrected chi connectivity index (χ2v) is 7.17. The van der Waals surface area contributed by atoms with Gasteiger partial charge in [-0.25, -0.2) is 13.1 Å². The third-order valence-corrected chi connectivity index (χ3v) is 4.30. The minimum atomic E-state index is -3.27. The highest BCUT2D eigenvalue weighted by Gasteiger charge is 2.41. The molecule has 1 rings (SSSR count). The molecule has 0 aromatic carbocycles. The standard InChI is InChI=1S/C12H22N2O5S/c1-20(18,19)14-8-7-13-10(15)9-12(11(16)17)5-3-2-4-6-12/h14H,2-9H2,1H3,(H,13,15)(H,16,17). The first-order chi connectivity index (χ1) is 9.25. The molecule has 0 spiro atoms. The van der Waals surface area contributed by atoms with Crippen molar-refractivity contribution in [3.8, 4) is 0 Å². The minimum absolute atomic E-state index is 0.0405. The number of amides is 1. The molecule has 8 heteroatoms. The minimum Gasteiger partial charge on any atom is -0.481 e. The van der Waals surface area contributed by atoms with Gasteiger partial charge in [0.25, 0.3) is 0 Å². The van der Waals surface area contributed by atoms with Gasteiger partial charge >= 0.3 is 5.97 Å². The zero-order valence-corrected chi connectivity index (χ0v) is 12.5. The van der Waals surface area contributed by atoms with Crippen molar-refractivity contribution in [2.45, 2.75) is 38.5 Å². The van der Waals surface area contributed by atoms with E-state index in [0.29, 0.717) is 12.8 Å². The van der Waals surface area contributed by atoms with E-state index in [1.807, 2.05) is 0 Å². The van der Waals surface area contributed by atoms with E-state index in [1.54, 1.807) is 0 Å². The quantitative estimate of drug-likeness (QED) is 0.576. The Hall–Kier alpha value is -1.15. The Morgan fingerprint density at radius 2 is 1.75 bits per heavy atom. The van der Waals surface area contributed by atoms with Crippen molar-refractivity contribution in [2.24, 2.45) is 5.41 Å². The monoisotopic (exact) mass is 306 g/mol. The smallest absolute Gasteiger partial charge is 0.310 e. The van der Waals surface area contributed by atoms with Crippen LogP contribution in [0.25, 0.3) is 0 Å². The number of carbonyl (C=O) groups excluding carboxylic acids is 1. The van der Waals surface area contributed by atoms with Gasteiger partial charge in [0.1, 0.15) is 0 Å². The highest BCUT2D eigenvalue weighted by molar-refractivity contribution is 7.88. The van der Waals surface area contributed by atoms with Gasteiger partial charge in [0, 0.05) is 19.5 Å². The maximum atomic E-state index is 11.8. The molecular weight excluding hydrogens is 284 g/mol. The number of carbonyl (C=O) groups is 2. The molecule has 0 heterocycles. The van der Waals surface area contributed by atoms with Crippen LogP contribution in [-0.4, -0.2) is 44.7 Å². The molecule has 0 unspecified atom stereocenters. The Morgan fingerprint density at radius 3 is 2.25 bits per heavy atom. The molecule has 0 atom stereocenters. The lowest BCUT2D eigenvalue weighted by Crippen LogP contribution is -2.41. The van der Waals surface area contributed by atoms with Crippen LogP contribution in [0.4, 0.5) is 0 Å². The molecule has 1 fully saturated rings. The predicted octanol–water partition coefficient (Wildman–Crippen LogP) is 0.0770. The first-order valence-electron chi connectivity index (χ1n) is 6.70. The fourth-order valence-electron chi connectivity index (χ4n) is 2.50. The van der Waals surface area contributed by atoms with Gasteiger partial charge in [-0.3, -0.25) is 9.59 Å². The average molecular weight is 306 g/mol. The molecule has 0 radical (unpaired) electrons. The number of nitrogens with one attached hydrogen (secondary N) is 2. The largest absolute Gasteiger partial charge is 0.481 e. The lowest BCUT2D eigenvalue weighted by atomic mass is 9.71. The van der Waals surface area contributed by atoms with Gasteiger partial charge in [-0.15, -0.1) is 0 Å². The predicted molar refractivity (Wildman–Crippen MR) is 73.6 cm³/mol. The third kappa shape index (κ3) is 5.46. The van der Waals surface area contributed by atoms with Crippen molar-refractivity contribution >= 4 is 21.9 Å². The van der Waals surface area contributed by atoms with Crippen LogP contribution in [0.3, 0.4) is 0 Å². The van der Waals surface area contributed by atoms with Gasteiger partial charge < -0.3 is 10.4 Å². The van der Waals surface area contributed by atoms with Gasteiger partial charge in [-0.1, -0.05) is 19.3 Å². The topological polar surface area (TPSA) is 113 Å². The summed E-state index contributed by atoms with van der Waals surface area (Å²) in [6, 6.07) is 0. The molecule has 3 N–H and O–H groups in total. The lowest BCUT2D eigenvalue weighted by Gasteiger charge is -2.32. The summed E-state index contributed by atoms with van der Waals surface area (Å²) in [6.07, 6.45) is 4.71. The van der Waals surface area contributed by atoms with Crippen molar-refractivity contribution in [1.29, 1.82) is 0 Å². The van der Waals surface area contributed by atoms with Crippen molar-refractivity contribution in [2.75, 3.05) is 19.3 Å². The summed E-state index contributed by atoms with van der Waals surface area (Å²) >= 11 is 0. The van der Waals surface area contributed by atoms with Gasteiger partial charge in [-0.05, 0) is 12.8 Å². The van der Waals surface area contributed by atoms with E-state index in [4.69, 9.17) is 0 Å². The van der Waals surface area contributed by atoms with E-state index >= 15 is 0 Å². The van der Waals surface area contributed by atoms with E-state index < -0.39 is 21.4 Å². The van der Waals surface area contributed by atoms with Crippen LogP contribution in [0.5, 0.6) is 0 Å². The zero-order chi connectivity index (χ0) is 15.2. The number of sulfonamides is 1. The second-order valence-electron chi connectivity index (χ2n) is 5.34. The van der Waals surface area contributed by atoms with E-state index in [2.05, 4.69) is 10.0 Å². The Morgan fingerprint density at radius 1 is 1.15 bits per heavy atom. The van der Waals surface area contributed by atoms with Crippen molar-refractivity contribution in [3.05, 3.63) is 0 Å². The molecule has 1 amide bonds. The van der Waals surface area contributed by atoms with Crippen LogP contribution in [0, 0.1) is 5.41 Å². The Labute approximate surface area is 119 Å². The first kappa shape index (κ1) is 16.9. The summed E-state index contributed by atoms with van der Waals surface area (Å²) in [7, 11) is -3.27. The molecule has 0 aliphatic heterocycles. The summed E-state index contributed by atoms with van der Waals surface area (Å²) in [5, 5.41) is 11.9. The second kappa shape index (κ2) is 7.03. The number of hydrogen-bond acceptors (Lipinski definition) is 4. The number of hydrogen-bond donors (Lipinski definition) is 3. The van der Waals surface area contributed by atoms with Crippen LogP contribution < -0.4 is 10.0 Å². The number of carboxylic acid groups (broad SMARTS) is 1. The molecule has 0 saturated heterocycles. The molecule has 0 aromatic heterocycles. The fraction of sp³-hybridized carbons (Fsp3) is 0.833. The first-order valence-corrected chi connectivity index (χ1v) is 8.59. The molecule has 7 nitrogen and oxygen atoms in total. The molecule has 1 aliphatic rings. The van der Waals surface area contributed by atoms with Gasteiger partial charge in [0.2, 0.25) is 15.9 Å². The van der Waals surface area contributed by atoms with Crippen LogP contribution in [0.2, 0.25) is 0 Å². The van der Waals surface area contributed by atoms with Crippen LogP contribution in [0.1, 0.15) is 38.5 Å². The average Bonchev–Trinajstić information content (AvgIpc) is 2.34. The third-order valence-electron chi connectivity index (χ3n) is 3.57. The molecular formula is C12H22N2O5S. The molecule has 0 aromatic rings. The van der Waals surface area contributed by atoms with Gasteiger partial charge in [-0.2, -0.15) is 0 Å². The number of rotatable bonds is 7. The normalized spacial score (nSPS) is 18.4. The number of carboxylic acids is 1. The summed E-state index contributed by atoms with van der Waals surface area (Å²) in [5.74, 6) is -1.26. The Balaban J connectivity index is 2.41. The summed E-state index contributed by atoms with van der Waals surface area (Å²) in [4.78, 5) is 23.2. The fourth-order valence-corrected chi connectivity index (χ4v) is 2.98. The van der Waals surface area contributed by atoms with Crippen LogP contribution in [-0.2, 0) is 19.6 Å². The van der Waals surface area contributed by atoms with E-state index in [-0.39, 0.29) is 25.4 Å². The SMILES string of the molecule is CS(=O)(=O)NCCNC(=O)CC1(C(=O)O)CCCCC1. The molecule has 0 bridgehead atoms. The van der Waals surface area contributed by atoms with Crippen LogP contribution in [0.15, 0.2) is 0 Å². The van der Waals surface area contributed by atoms with E-state index in [9.17, 15) is 23.1 Å². The molecule has 1 saturated carbocycles. The van der Waals surface area contributed by atoms with Gasteiger partial charge in [0.15, 0.2) is 0 Å². The highest BCUT2D eigenvalue weighted by atomic mass is 32.2. The molecule has 20 heavy (non-hydrogen) atoms. The lowest BCUT2D eigenvalue weighted by molar-refractivity contribution is -0.154. The summed E-state index contributed by atoms with van der Waals surface area (Å²) in [5.41, 5.74) is -0.952. The highest BCUT2D eigenvalue weighted by Crippen LogP contribution is 2.39. The van der Waals surface area contributed by atoms with Gasteiger partial charge in [0.05, 0.1) is 11.7 Å². The maximum Gasteiger partial charge on any atom is 0.310 e. The van der Waals surface area contributed by atoms with Crippen LogP contribution >= 0.6 is 0 Å². The zero-order valence-electron chi connectivity index (χ0n) is 11.6. The Bertz CT molecular complexity index is 454. The molecule has 116 valence electrons. The Kier molecular flexibility index (Phi) is 5.94.